The summed E-state index contributed by atoms with van der Waals surface area (Å²) < 4.78 is 18.5. The molecule has 0 aliphatic carbocycles. The Bertz CT molecular complexity index is 563. The number of benzene rings is 1. The molecule has 2 saturated heterocycles. The molecule has 2 heterocycles. The molecule has 138 valence electrons. The van der Waals surface area contributed by atoms with Crippen LogP contribution >= 0.6 is 0 Å². The Balaban J connectivity index is 1.33. The van der Waals surface area contributed by atoms with Crippen molar-refractivity contribution in [3.63, 3.8) is 0 Å². The highest BCUT2D eigenvalue weighted by Gasteiger charge is 2.27. The summed E-state index contributed by atoms with van der Waals surface area (Å²) in [4.78, 5) is 17.0. The lowest BCUT2D eigenvalue weighted by Gasteiger charge is -2.37. The summed E-state index contributed by atoms with van der Waals surface area (Å²) >= 11 is 0. The predicted molar refractivity (Wildman–Crippen MR) is 95.2 cm³/mol. The molecule has 0 aromatic heterocycles. The Morgan fingerprint density at radius 1 is 1.24 bits per heavy atom. The van der Waals surface area contributed by atoms with Gasteiger partial charge in [0.05, 0.1) is 13.1 Å². The van der Waals surface area contributed by atoms with E-state index >= 15 is 0 Å². The van der Waals surface area contributed by atoms with E-state index in [4.69, 9.17) is 4.74 Å². The lowest BCUT2D eigenvalue weighted by molar-refractivity contribution is -0.122. The molecule has 0 radical (unpaired) electrons. The highest BCUT2D eigenvalue weighted by molar-refractivity contribution is 5.78. The van der Waals surface area contributed by atoms with Crippen LogP contribution in [0.25, 0.3) is 0 Å². The smallest absolute Gasteiger partial charge is 0.234 e. The maximum atomic E-state index is 13.0. The van der Waals surface area contributed by atoms with Crippen LogP contribution in [0.3, 0.4) is 0 Å². The number of ether oxygens (including phenoxy) is 1. The minimum absolute atomic E-state index is 0.0323. The van der Waals surface area contributed by atoms with Gasteiger partial charge in [-0.2, -0.15) is 0 Å². The average Bonchev–Trinajstić information content (AvgIpc) is 3.14. The number of carbonyl (C=O) groups is 1. The first-order chi connectivity index (χ1) is 12.2. The van der Waals surface area contributed by atoms with Gasteiger partial charge >= 0.3 is 0 Å². The van der Waals surface area contributed by atoms with Crippen LogP contribution in [-0.2, 0) is 4.79 Å². The molecule has 0 bridgehead atoms. The second-order valence-electron chi connectivity index (χ2n) is 6.93. The SMILES string of the molecule is O=C(CN1CCC[C@H](N2CCCC2)C1)NCCOc1cccc(F)c1. The number of nitrogens with zero attached hydrogens (tertiary/aromatic N) is 2. The number of carbonyl (C=O) groups excluding carboxylic acids is 1. The van der Waals surface area contributed by atoms with E-state index in [1.54, 1.807) is 12.1 Å². The Kier molecular flexibility index (Phi) is 6.64. The third-order valence-corrected chi connectivity index (χ3v) is 4.99. The van der Waals surface area contributed by atoms with Gasteiger partial charge in [-0.1, -0.05) is 6.07 Å². The summed E-state index contributed by atoms with van der Waals surface area (Å²) in [6.07, 6.45) is 5.03. The van der Waals surface area contributed by atoms with Gasteiger partial charge in [-0.25, -0.2) is 4.39 Å². The molecule has 1 aromatic carbocycles. The normalized spacial score (nSPS) is 22.0. The van der Waals surface area contributed by atoms with Gasteiger partial charge in [0.2, 0.25) is 5.91 Å². The van der Waals surface area contributed by atoms with Crippen LogP contribution in [0.2, 0.25) is 0 Å². The summed E-state index contributed by atoms with van der Waals surface area (Å²) in [6.45, 7) is 5.63. The van der Waals surface area contributed by atoms with E-state index in [1.807, 2.05) is 0 Å². The number of hydrogen-bond donors (Lipinski definition) is 1. The number of rotatable bonds is 7. The number of amides is 1. The minimum atomic E-state index is -0.320. The second-order valence-corrected chi connectivity index (χ2v) is 6.93. The minimum Gasteiger partial charge on any atom is -0.492 e. The maximum Gasteiger partial charge on any atom is 0.234 e. The van der Waals surface area contributed by atoms with Crippen LogP contribution in [0.1, 0.15) is 25.7 Å². The molecule has 1 N–H and O–H groups in total. The molecule has 0 spiro atoms. The molecule has 1 atom stereocenters. The molecular formula is C19H28FN3O2. The summed E-state index contributed by atoms with van der Waals surface area (Å²) in [5.41, 5.74) is 0. The van der Waals surface area contributed by atoms with E-state index in [9.17, 15) is 9.18 Å². The van der Waals surface area contributed by atoms with Gasteiger partial charge in [0.15, 0.2) is 0 Å². The highest BCUT2D eigenvalue weighted by Crippen LogP contribution is 2.20. The fourth-order valence-corrected chi connectivity index (χ4v) is 3.75. The van der Waals surface area contributed by atoms with Gasteiger partial charge in [-0.05, 0) is 57.5 Å². The van der Waals surface area contributed by atoms with Crippen molar-refractivity contribution in [3.8, 4) is 5.75 Å². The zero-order valence-corrected chi connectivity index (χ0v) is 14.8. The first-order valence-corrected chi connectivity index (χ1v) is 9.32. The second kappa shape index (κ2) is 9.15. The molecule has 25 heavy (non-hydrogen) atoms. The third kappa shape index (κ3) is 5.68. The van der Waals surface area contributed by atoms with Crippen molar-refractivity contribution in [2.75, 3.05) is 45.9 Å². The molecule has 3 rings (SSSR count). The standard InChI is InChI=1S/C19H28FN3O2/c20-16-5-3-7-18(13-16)25-12-8-21-19(24)15-22-9-4-6-17(14-22)23-10-1-2-11-23/h3,5,7,13,17H,1-2,4,6,8-12,14-15H2,(H,21,24)/t17-/m0/s1. The largest absolute Gasteiger partial charge is 0.492 e. The van der Waals surface area contributed by atoms with E-state index in [-0.39, 0.29) is 11.7 Å². The quantitative estimate of drug-likeness (QED) is 0.764. The van der Waals surface area contributed by atoms with Gasteiger partial charge in [0, 0.05) is 18.7 Å². The lowest BCUT2D eigenvalue weighted by Crippen LogP contribution is -2.49. The highest BCUT2D eigenvalue weighted by atomic mass is 19.1. The molecule has 2 aliphatic heterocycles. The van der Waals surface area contributed by atoms with Gasteiger partial charge in [-0.15, -0.1) is 0 Å². The monoisotopic (exact) mass is 349 g/mol. The molecule has 0 unspecified atom stereocenters. The van der Waals surface area contributed by atoms with Crippen molar-refractivity contribution in [2.24, 2.45) is 0 Å². The Labute approximate surface area is 149 Å². The fraction of sp³-hybridized carbons (Fsp3) is 0.632. The van der Waals surface area contributed by atoms with E-state index in [0.29, 0.717) is 31.5 Å². The first kappa shape index (κ1) is 18.1. The molecular weight excluding hydrogens is 321 g/mol. The molecule has 6 heteroatoms. The predicted octanol–water partition coefficient (Wildman–Crippen LogP) is 1.88. The van der Waals surface area contributed by atoms with Gasteiger partial charge in [0.1, 0.15) is 18.2 Å². The Hall–Kier alpha value is -1.66. The van der Waals surface area contributed by atoms with Crippen molar-refractivity contribution >= 4 is 5.91 Å². The zero-order valence-electron chi connectivity index (χ0n) is 14.8. The molecule has 0 saturated carbocycles. The molecule has 1 aromatic rings. The Morgan fingerprint density at radius 2 is 2.08 bits per heavy atom. The molecule has 2 fully saturated rings. The van der Waals surface area contributed by atoms with Crippen LogP contribution in [0.15, 0.2) is 24.3 Å². The van der Waals surface area contributed by atoms with Crippen LogP contribution in [0.5, 0.6) is 5.75 Å². The van der Waals surface area contributed by atoms with Crippen molar-refractivity contribution in [3.05, 3.63) is 30.1 Å². The van der Waals surface area contributed by atoms with Crippen molar-refractivity contribution < 1.29 is 13.9 Å². The number of nitrogens with one attached hydrogen (secondary N) is 1. The fourth-order valence-electron chi connectivity index (χ4n) is 3.75. The molecule has 2 aliphatic rings. The van der Waals surface area contributed by atoms with Gasteiger partial charge in [-0.3, -0.25) is 14.6 Å². The van der Waals surface area contributed by atoms with Crippen LogP contribution < -0.4 is 10.1 Å². The third-order valence-electron chi connectivity index (χ3n) is 4.99. The average molecular weight is 349 g/mol. The van der Waals surface area contributed by atoms with Crippen LogP contribution in [0.4, 0.5) is 4.39 Å². The van der Waals surface area contributed by atoms with Crippen molar-refractivity contribution in [2.45, 2.75) is 31.7 Å². The maximum absolute atomic E-state index is 13.0. The summed E-state index contributed by atoms with van der Waals surface area (Å²) in [7, 11) is 0. The summed E-state index contributed by atoms with van der Waals surface area (Å²) in [5, 5.41) is 2.89. The number of halogens is 1. The number of hydrogen-bond acceptors (Lipinski definition) is 4. The summed E-state index contributed by atoms with van der Waals surface area (Å²) in [6, 6.07) is 6.64. The molecule has 1 amide bonds. The zero-order chi connectivity index (χ0) is 17.5. The van der Waals surface area contributed by atoms with Crippen molar-refractivity contribution in [1.29, 1.82) is 0 Å². The van der Waals surface area contributed by atoms with E-state index in [0.717, 1.165) is 19.5 Å². The first-order valence-electron chi connectivity index (χ1n) is 9.32. The van der Waals surface area contributed by atoms with Gasteiger partial charge in [0.25, 0.3) is 0 Å². The van der Waals surface area contributed by atoms with Crippen LogP contribution in [0, 0.1) is 5.82 Å². The Morgan fingerprint density at radius 3 is 2.88 bits per heavy atom. The van der Waals surface area contributed by atoms with E-state index in [1.165, 1.54) is 44.5 Å². The topological polar surface area (TPSA) is 44.8 Å². The molecule has 5 nitrogen and oxygen atoms in total. The number of piperidine rings is 1. The van der Waals surface area contributed by atoms with Crippen molar-refractivity contribution in [1.82, 2.24) is 15.1 Å². The lowest BCUT2D eigenvalue weighted by atomic mass is 10.0. The van der Waals surface area contributed by atoms with Gasteiger partial charge < -0.3 is 10.1 Å². The van der Waals surface area contributed by atoms with E-state index < -0.39 is 0 Å². The van der Waals surface area contributed by atoms with Crippen LogP contribution in [-0.4, -0.2) is 67.6 Å². The number of likely N-dealkylation sites (tertiary alicyclic amines) is 2. The van der Waals surface area contributed by atoms with E-state index in [2.05, 4.69) is 15.1 Å². The summed E-state index contributed by atoms with van der Waals surface area (Å²) in [5.74, 6) is 0.197.